The molecule has 0 aliphatic carbocycles. The van der Waals surface area contributed by atoms with Gasteiger partial charge in [0, 0.05) is 11.9 Å². The van der Waals surface area contributed by atoms with Gasteiger partial charge in [0.1, 0.15) is 0 Å². The molecule has 0 N–H and O–H groups in total. The molecule has 0 saturated carbocycles. The Balaban J connectivity index is 1.68. The van der Waals surface area contributed by atoms with Gasteiger partial charge in [0.2, 0.25) is 0 Å². The topological polar surface area (TPSA) is 60.9 Å². The van der Waals surface area contributed by atoms with Gasteiger partial charge < -0.3 is 8.98 Å². The molecule has 0 unspecified atom stereocenters. The fourth-order valence-corrected chi connectivity index (χ4v) is 3.75. The van der Waals surface area contributed by atoms with E-state index in [2.05, 4.69) is 17.1 Å². The van der Waals surface area contributed by atoms with Gasteiger partial charge in [-0.25, -0.2) is 0 Å². The summed E-state index contributed by atoms with van der Waals surface area (Å²) in [6, 6.07) is 7.56. The zero-order valence-corrected chi connectivity index (χ0v) is 13.9. The van der Waals surface area contributed by atoms with Crippen molar-refractivity contribution in [3.63, 3.8) is 0 Å². The summed E-state index contributed by atoms with van der Waals surface area (Å²) in [7, 11) is 1.87. The number of carbonyl (C=O) groups excluding carboxylic acids is 1. The van der Waals surface area contributed by atoms with Gasteiger partial charge in [-0.15, -0.1) is 21.5 Å². The molecule has 114 valence electrons. The van der Waals surface area contributed by atoms with Gasteiger partial charge in [0.05, 0.1) is 16.9 Å². The number of thioether (sulfide) groups is 1. The van der Waals surface area contributed by atoms with Gasteiger partial charge in [-0.05, 0) is 30.7 Å². The minimum Gasteiger partial charge on any atom is -0.461 e. The number of hydrogen-bond acceptors (Lipinski definition) is 6. The van der Waals surface area contributed by atoms with Crippen molar-refractivity contribution in [3.05, 3.63) is 40.3 Å². The van der Waals surface area contributed by atoms with Crippen LogP contribution in [0.3, 0.4) is 0 Å². The highest BCUT2D eigenvalue weighted by molar-refractivity contribution is 7.99. The summed E-state index contributed by atoms with van der Waals surface area (Å²) in [6.45, 7) is 2.09. The molecule has 0 radical (unpaired) electrons. The van der Waals surface area contributed by atoms with E-state index in [-0.39, 0.29) is 5.78 Å². The molecule has 22 heavy (non-hydrogen) atoms. The summed E-state index contributed by atoms with van der Waals surface area (Å²) in [6.07, 6.45) is 2.56. The first-order chi connectivity index (χ1) is 10.7. The largest absolute Gasteiger partial charge is 0.461 e. The number of furan rings is 1. The van der Waals surface area contributed by atoms with E-state index in [0.29, 0.717) is 22.5 Å². The van der Waals surface area contributed by atoms with Crippen LogP contribution in [-0.2, 0) is 13.5 Å². The lowest BCUT2D eigenvalue weighted by molar-refractivity contribution is 0.102. The molecule has 3 heterocycles. The Kier molecular flexibility index (Phi) is 4.44. The van der Waals surface area contributed by atoms with Gasteiger partial charge in [-0.1, -0.05) is 18.7 Å². The summed E-state index contributed by atoms with van der Waals surface area (Å²) in [5, 5.41) is 8.94. The highest BCUT2D eigenvalue weighted by atomic mass is 32.2. The van der Waals surface area contributed by atoms with Crippen molar-refractivity contribution >= 4 is 28.9 Å². The molecule has 0 saturated heterocycles. The van der Waals surface area contributed by atoms with Crippen LogP contribution in [0.4, 0.5) is 0 Å². The fraction of sp³-hybridized carbons (Fsp3) is 0.267. The first-order valence-corrected chi connectivity index (χ1v) is 8.67. The van der Waals surface area contributed by atoms with Crippen molar-refractivity contribution in [1.82, 2.24) is 14.8 Å². The Morgan fingerprint density at radius 2 is 2.23 bits per heavy atom. The number of hydrogen-bond donors (Lipinski definition) is 0. The van der Waals surface area contributed by atoms with Crippen LogP contribution in [0.2, 0.25) is 0 Å². The van der Waals surface area contributed by atoms with Crippen LogP contribution in [0.1, 0.15) is 21.5 Å². The molecular formula is C15H15N3O2S2. The first kappa shape index (κ1) is 15.1. The molecule has 3 aromatic heterocycles. The average molecular weight is 333 g/mol. The number of Topliss-reactive ketones (excluding diaryl/α,β-unsaturated/α-hetero) is 1. The van der Waals surface area contributed by atoms with E-state index in [1.165, 1.54) is 16.6 Å². The number of carbonyl (C=O) groups is 1. The van der Waals surface area contributed by atoms with Gasteiger partial charge in [-0.2, -0.15) is 0 Å². The molecule has 3 aromatic rings. The second-order valence-corrected chi connectivity index (χ2v) is 6.78. The lowest BCUT2D eigenvalue weighted by atomic mass is 10.3. The quantitative estimate of drug-likeness (QED) is 0.509. The maximum Gasteiger partial charge on any atom is 0.200 e. The second kappa shape index (κ2) is 6.50. The van der Waals surface area contributed by atoms with Crippen molar-refractivity contribution in [2.75, 3.05) is 5.75 Å². The van der Waals surface area contributed by atoms with Gasteiger partial charge >= 0.3 is 0 Å². The van der Waals surface area contributed by atoms with E-state index < -0.39 is 0 Å². The third-order valence-electron chi connectivity index (χ3n) is 3.19. The molecule has 0 spiro atoms. The average Bonchev–Trinajstić information content (AvgIpc) is 3.25. The van der Waals surface area contributed by atoms with Crippen LogP contribution in [0.15, 0.2) is 40.1 Å². The van der Waals surface area contributed by atoms with Crippen molar-refractivity contribution in [2.24, 2.45) is 7.05 Å². The summed E-state index contributed by atoms with van der Waals surface area (Å²) in [5.74, 6) is 1.80. The molecule has 0 atom stereocenters. The van der Waals surface area contributed by atoms with E-state index in [4.69, 9.17) is 4.42 Å². The molecule has 3 rings (SSSR count). The fourth-order valence-electron chi connectivity index (χ4n) is 1.98. The highest BCUT2D eigenvalue weighted by Gasteiger charge is 2.15. The van der Waals surface area contributed by atoms with Crippen LogP contribution < -0.4 is 0 Å². The Morgan fingerprint density at radius 3 is 2.91 bits per heavy atom. The Hall–Kier alpha value is -1.86. The normalized spacial score (nSPS) is 11.0. The number of nitrogens with zero attached hydrogens (tertiary/aromatic N) is 3. The minimum atomic E-state index is 0.122. The molecule has 0 aliphatic rings. The van der Waals surface area contributed by atoms with Crippen LogP contribution >= 0.6 is 23.1 Å². The van der Waals surface area contributed by atoms with Gasteiger partial charge in [0.25, 0.3) is 0 Å². The lowest BCUT2D eigenvalue weighted by Gasteiger charge is -2.01. The molecule has 0 amide bonds. The maximum atomic E-state index is 12.2. The third kappa shape index (κ3) is 3.00. The molecule has 0 fully saturated rings. The maximum absolute atomic E-state index is 12.2. The van der Waals surface area contributed by atoms with Crippen molar-refractivity contribution < 1.29 is 9.21 Å². The summed E-state index contributed by atoms with van der Waals surface area (Å²) in [4.78, 5) is 14.2. The zero-order chi connectivity index (χ0) is 15.5. The van der Waals surface area contributed by atoms with Crippen LogP contribution in [0.5, 0.6) is 0 Å². The summed E-state index contributed by atoms with van der Waals surface area (Å²) < 4.78 is 7.16. The Bertz CT molecular complexity index is 775. The number of aromatic nitrogens is 3. The van der Waals surface area contributed by atoms with Crippen molar-refractivity contribution in [2.45, 2.75) is 18.5 Å². The molecular weight excluding hydrogens is 318 g/mol. The molecule has 0 aliphatic heterocycles. The number of rotatable bonds is 6. The van der Waals surface area contributed by atoms with E-state index in [1.54, 1.807) is 17.6 Å². The van der Waals surface area contributed by atoms with E-state index in [0.717, 1.165) is 11.3 Å². The Labute approximate surface area is 136 Å². The van der Waals surface area contributed by atoms with Crippen molar-refractivity contribution in [1.29, 1.82) is 0 Å². The molecule has 0 aromatic carbocycles. The van der Waals surface area contributed by atoms with Crippen LogP contribution in [0.25, 0.3) is 11.6 Å². The van der Waals surface area contributed by atoms with E-state index >= 15 is 0 Å². The molecule has 7 heteroatoms. The van der Waals surface area contributed by atoms with E-state index in [9.17, 15) is 4.79 Å². The minimum absolute atomic E-state index is 0.122. The number of aryl methyl sites for hydroxylation is 1. The first-order valence-electron chi connectivity index (χ1n) is 6.87. The summed E-state index contributed by atoms with van der Waals surface area (Å²) in [5.41, 5.74) is 0. The smallest absolute Gasteiger partial charge is 0.200 e. The monoisotopic (exact) mass is 333 g/mol. The lowest BCUT2D eigenvalue weighted by Crippen LogP contribution is -2.01. The van der Waals surface area contributed by atoms with Crippen LogP contribution in [-0.4, -0.2) is 26.3 Å². The second-order valence-electron chi connectivity index (χ2n) is 4.67. The number of thiophene rings is 1. The molecule has 5 nitrogen and oxygen atoms in total. The van der Waals surface area contributed by atoms with Gasteiger partial charge in [0.15, 0.2) is 22.5 Å². The SMILES string of the molecule is CCc1ccc(C(=O)CSc2nnc(-c3ccco3)n2C)s1. The summed E-state index contributed by atoms with van der Waals surface area (Å²) >= 11 is 2.95. The number of ketones is 1. The Morgan fingerprint density at radius 1 is 1.36 bits per heavy atom. The highest BCUT2D eigenvalue weighted by Crippen LogP contribution is 2.25. The molecule has 0 bridgehead atoms. The van der Waals surface area contributed by atoms with Crippen LogP contribution in [0, 0.1) is 0 Å². The van der Waals surface area contributed by atoms with Gasteiger partial charge in [-0.3, -0.25) is 4.79 Å². The van der Waals surface area contributed by atoms with Crippen molar-refractivity contribution in [3.8, 4) is 11.6 Å². The third-order valence-corrected chi connectivity index (χ3v) is 5.48. The zero-order valence-electron chi connectivity index (χ0n) is 12.3. The standard InChI is InChI=1S/C15H15N3O2S2/c1-3-10-6-7-13(22-10)11(19)9-21-15-17-16-14(18(15)2)12-5-4-8-20-12/h4-8H,3,9H2,1-2H3. The predicted octanol–water partition coefficient (Wildman–Crippen LogP) is 3.67. The predicted molar refractivity (Wildman–Crippen MR) is 87.5 cm³/mol. The van der Waals surface area contributed by atoms with E-state index in [1.807, 2.05) is 35.9 Å².